The Kier molecular flexibility index (Phi) is 7.63. The third kappa shape index (κ3) is 6.00. The lowest BCUT2D eigenvalue weighted by Gasteiger charge is -2.11. The molecule has 2 N–H and O–H groups in total. The SMILES string of the molecule is CCOc1ccc(/C=N\NC(=O)C(=O)Nc2ccccc2Cl)cc1OCC. The molecule has 0 aliphatic heterocycles. The van der Waals surface area contributed by atoms with E-state index in [0.717, 1.165) is 0 Å². The van der Waals surface area contributed by atoms with E-state index < -0.39 is 11.8 Å². The summed E-state index contributed by atoms with van der Waals surface area (Å²) in [7, 11) is 0. The highest BCUT2D eigenvalue weighted by Crippen LogP contribution is 2.28. The molecule has 0 saturated carbocycles. The summed E-state index contributed by atoms with van der Waals surface area (Å²) in [5, 5.41) is 6.53. The van der Waals surface area contributed by atoms with Gasteiger partial charge in [-0.1, -0.05) is 23.7 Å². The van der Waals surface area contributed by atoms with Gasteiger partial charge in [0.05, 0.1) is 30.1 Å². The van der Waals surface area contributed by atoms with Crippen LogP contribution in [-0.4, -0.2) is 31.2 Å². The van der Waals surface area contributed by atoms with Crippen LogP contribution in [0.2, 0.25) is 5.02 Å². The van der Waals surface area contributed by atoms with Crippen molar-refractivity contribution in [1.29, 1.82) is 0 Å². The van der Waals surface area contributed by atoms with Gasteiger partial charge >= 0.3 is 11.8 Å². The normalized spacial score (nSPS) is 10.5. The van der Waals surface area contributed by atoms with E-state index in [4.69, 9.17) is 21.1 Å². The zero-order chi connectivity index (χ0) is 19.6. The molecule has 0 unspecified atom stereocenters. The van der Waals surface area contributed by atoms with Crippen molar-refractivity contribution in [2.24, 2.45) is 5.10 Å². The predicted octanol–water partition coefficient (Wildman–Crippen LogP) is 3.23. The molecule has 142 valence electrons. The van der Waals surface area contributed by atoms with E-state index in [-0.39, 0.29) is 0 Å². The van der Waals surface area contributed by atoms with Gasteiger partial charge in [-0.15, -0.1) is 0 Å². The number of nitrogens with zero attached hydrogens (tertiary/aromatic N) is 1. The monoisotopic (exact) mass is 389 g/mol. The van der Waals surface area contributed by atoms with E-state index in [0.29, 0.717) is 41.0 Å². The van der Waals surface area contributed by atoms with Gasteiger partial charge < -0.3 is 14.8 Å². The number of hydrogen-bond acceptors (Lipinski definition) is 5. The van der Waals surface area contributed by atoms with Crippen molar-refractivity contribution in [3.63, 3.8) is 0 Å². The third-order valence-electron chi connectivity index (χ3n) is 3.28. The Labute approximate surface area is 162 Å². The van der Waals surface area contributed by atoms with Crippen LogP contribution in [0, 0.1) is 0 Å². The van der Waals surface area contributed by atoms with E-state index in [1.165, 1.54) is 6.21 Å². The molecule has 0 saturated heterocycles. The summed E-state index contributed by atoms with van der Waals surface area (Å²) in [6.07, 6.45) is 1.40. The Bertz CT molecular complexity index is 839. The second kappa shape index (κ2) is 10.2. The molecule has 27 heavy (non-hydrogen) atoms. The first kappa shape index (κ1) is 20.3. The molecule has 0 aromatic heterocycles. The van der Waals surface area contributed by atoms with E-state index in [1.807, 2.05) is 13.8 Å². The quantitative estimate of drug-likeness (QED) is 0.432. The molecule has 0 spiro atoms. The lowest BCUT2D eigenvalue weighted by atomic mass is 10.2. The summed E-state index contributed by atoms with van der Waals surface area (Å²) in [6.45, 7) is 4.76. The molecule has 0 aliphatic rings. The van der Waals surface area contributed by atoms with Crippen molar-refractivity contribution in [1.82, 2.24) is 5.43 Å². The minimum atomic E-state index is -0.915. The lowest BCUT2D eigenvalue weighted by molar-refractivity contribution is -0.136. The van der Waals surface area contributed by atoms with Crippen LogP contribution in [0.5, 0.6) is 11.5 Å². The summed E-state index contributed by atoms with van der Waals surface area (Å²) in [5.41, 5.74) is 3.18. The van der Waals surface area contributed by atoms with Crippen LogP contribution >= 0.6 is 11.6 Å². The van der Waals surface area contributed by atoms with Crippen LogP contribution in [0.4, 0.5) is 5.69 Å². The summed E-state index contributed by atoms with van der Waals surface area (Å²) in [6, 6.07) is 11.8. The number of carbonyl (C=O) groups is 2. The molecule has 0 atom stereocenters. The Morgan fingerprint density at radius 1 is 1.04 bits per heavy atom. The van der Waals surface area contributed by atoms with Gasteiger partial charge in [-0.05, 0) is 49.7 Å². The van der Waals surface area contributed by atoms with Crippen molar-refractivity contribution >= 4 is 35.3 Å². The van der Waals surface area contributed by atoms with Gasteiger partial charge in [0.15, 0.2) is 11.5 Å². The number of hydrogen-bond donors (Lipinski definition) is 2. The molecular weight excluding hydrogens is 370 g/mol. The largest absolute Gasteiger partial charge is 0.490 e. The number of amides is 2. The maximum atomic E-state index is 11.9. The number of para-hydroxylation sites is 1. The molecule has 0 aliphatic carbocycles. The standard InChI is InChI=1S/C19H20ClN3O4/c1-3-26-16-10-9-13(11-17(16)27-4-2)12-21-23-19(25)18(24)22-15-8-6-5-7-14(15)20/h5-12H,3-4H2,1-2H3,(H,22,24)(H,23,25)/b21-12-. The third-order valence-corrected chi connectivity index (χ3v) is 3.61. The Balaban J connectivity index is 1.97. The first-order chi connectivity index (χ1) is 13.0. The lowest BCUT2D eigenvalue weighted by Crippen LogP contribution is -2.32. The number of halogens is 1. The van der Waals surface area contributed by atoms with Gasteiger partial charge in [-0.25, -0.2) is 5.43 Å². The molecular formula is C19H20ClN3O4. The molecule has 7 nitrogen and oxygen atoms in total. The highest BCUT2D eigenvalue weighted by molar-refractivity contribution is 6.41. The minimum absolute atomic E-state index is 0.333. The molecule has 0 radical (unpaired) electrons. The molecule has 2 rings (SSSR count). The Morgan fingerprint density at radius 3 is 2.44 bits per heavy atom. The summed E-state index contributed by atoms with van der Waals surface area (Å²) >= 11 is 5.93. The van der Waals surface area contributed by atoms with E-state index >= 15 is 0 Å². The second-order valence-corrected chi connectivity index (χ2v) is 5.61. The average molecular weight is 390 g/mol. The number of benzene rings is 2. The zero-order valence-corrected chi connectivity index (χ0v) is 15.7. The maximum absolute atomic E-state index is 11.9. The molecule has 2 aromatic carbocycles. The first-order valence-corrected chi connectivity index (χ1v) is 8.71. The van der Waals surface area contributed by atoms with Gasteiger partial charge in [0.25, 0.3) is 0 Å². The number of carbonyl (C=O) groups excluding carboxylic acids is 2. The van der Waals surface area contributed by atoms with E-state index in [2.05, 4.69) is 15.8 Å². The fraction of sp³-hybridized carbons (Fsp3) is 0.211. The van der Waals surface area contributed by atoms with Gasteiger partial charge in [0, 0.05) is 0 Å². The maximum Gasteiger partial charge on any atom is 0.329 e. The first-order valence-electron chi connectivity index (χ1n) is 8.33. The van der Waals surface area contributed by atoms with Crippen LogP contribution < -0.4 is 20.2 Å². The molecule has 8 heteroatoms. The second-order valence-electron chi connectivity index (χ2n) is 5.21. The van der Waals surface area contributed by atoms with Crippen LogP contribution in [-0.2, 0) is 9.59 Å². The highest BCUT2D eigenvalue weighted by atomic mass is 35.5. The average Bonchev–Trinajstić information content (AvgIpc) is 2.66. The topological polar surface area (TPSA) is 89.0 Å². The summed E-state index contributed by atoms with van der Waals surface area (Å²) in [5.74, 6) is -0.588. The summed E-state index contributed by atoms with van der Waals surface area (Å²) in [4.78, 5) is 23.7. The van der Waals surface area contributed by atoms with Gasteiger partial charge in [-0.2, -0.15) is 5.10 Å². The van der Waals surface area contributed by atoms with Crippen LogP contribution in [0.15, 0.2) is 47.6 Å². The fourth-order valence-electron chi connectivity index (χ4n) is 2.11. The van der Waals surface area contributed by atoms with Crippen molar-refractivity contribution < 1.29 is 19.1 Å². The molecule has 2 amide bonds. The number of ether oxygens (including phenoxy) is 2. The highest BCUT2D eigenvalue weighted by Gasteiger charge is 2.14. The molecule has 0 fully saturated rings. The van der Waals surface area contributed by atoms with Crippen molar-refractivity contribution in [2.45, 2.75) is 13.8 Å². The van der Waals surface area contributed by atoms with Gasteiger partial charge in [-0.3, -0.25) is 9.59 Å². The van der Waals surface area contributed by atoms with Crippen LogP contribution in [0.3, 0.4) is 0 Å². The number of anilines is 1. The minimum Gasteiger partial charge on any atom is -0.490 e. The number of hydrazone groups is 1. The van der Waals surface area contributed by atoms with Crippen molar-refractivity contribution in [3.8, 4) is 11.5 Å². The number of rotatable bonds is 7. The molecule has 0 heterocycles. The molecule has 2 aromatic rings. The fourth-order valence-corrected chi connectivity index (χ4v) is 2.29. The van der Waals surface area contributed by atoms with Gasteiger partial charge in [0.1, 0.15) is 0 Å². The summed E-state index contributed by atoms with van der Waals surface area (Å²) < 4.78 is 11.0. The Hall–Kier alpha value is -3.06. The van der Waals surface area contributed by atoms with Crippen molar-refractivity contribution in [2.75, 3.05) is 18.5 Å². The van der Waals surface area contributed by atoms with E-state index in [1.54, 1.807) is 42.5 Å². The Morgan fingerprint density at radius 2 is 1.74 bits per heavy atom. The van der Waals surface area contributed by atoms with Crippen molar-refractivity contribution in [3.05, 3.63) is 53.1 Å². The smallest absolute Gasteiger partial charge is 0.329 e. The van der Waals surface area contributed by atoms with Crippen LogP contribution in [0.1, 0.15) is 19.4 Å². The van der Waals surface area contributed by atoms with Gasteiger partial charge in [0.2, 0.25) is 0 Å². The van der Waals surface area contributed by atoms with Crippen LogP contribution in [0.25, 0.3) is 0 Å². The number of nitrogens with one attached hydrogen (secondary N) is 2. The molecule has 0 bridgehead atoms. The zero-order valence-electron chi connectivity index (χ0n) is 15.0. The van der Waals surface area contributed by atoms with E-state index in [9.17, 15) is 9.59 Å². The predicted molar refractivity (Wildman–Crippen MR) is 105 cm³/mol.